The Balaban J connectivity index is 1.79. The third-order valence-corrected chi connectivity index (χ3v) is 3.97. The van der Waals surface area contributed by atoms with E-state index in [0.717, 1.165) is 0 Å². The summed E-state index contributed by atoms with van der Waals surface area (Å²) in [4.78, 5) is 16.1. The summed E-state index contributed by atoms with van der Waals surface area (Å²) in [6.45, 7) is -0.668. The minimum absolute atomic E-state index is 0.0851. The number of alkyl halides is 6. The van der Waals surface area contributed by atoms with E-state index in [1.54, 1.807) is 24.3 Å². The zero-order chi connectivity index (χ0) is 22.8. The Morgan fingerprint density at radius 2 is 1.61 bits per heavy atom. The van der Waals surface area contributed by atoms with Gasteiger partial charge in [-0.2, -0.15) is 31.3 Å². The Morgan fingerprint density at radius 3 is 2.19 bits per heavy atom. The van der Waals surface area contributed by atoms with Crippen molar-refractivity contribution in [2.75, 3.05) is 7.11 Å². The molecular weight excluding hydrogens is 434 g/mol. The highest BCUT2D eigenvalue weighted by Gasteiger charge is 2.37. The fourth-order valence-electron chi connectivity index (χ4n) is 2.54. The fourth-order valence-corrected chi connectivity index (χ4v) is 2.54. The van der Waals surface area contributed by atoms with E-state index >= 15 is 0 Å². The second kappa shape index (κ2) is 8.28. The number of esters is 1. The summed E-state index contributed by atoms with van der Waals surface area (Å²) in [5.74, 6) is -1.14. The van der Waals surface area contributed by atoms with Gasteiger partial charge in [-0.3, -0.25) is 0 Å². The number of hydrogen-bond donors (Lipinski definition) is 0. The molecule has 0 N–H and O–H groups in total. The van der Waals surface area contributed by atoms with Gasteiger partial charge in [-0.05, 0) is 30.3 Å². The highest BCUT2D eigenvalue weighted by atomic mass is 19.4. The van der Waals surface area contributed by atoms with Crippen molar-refractivity contribution in [3.63, 3.8) is 0 Å². The molecule has 31 heavy (non-hydrogen) atoms. The Labute approximate surface area is 170 Å². The lowest BCUT2D eigenvalue weighted by Crippen LogP contribution is -2.14. The summed E-state index contributed by atoms with van der Waals surface area (Å²) in [5, 5.41) is 3.68. The van der Waals surface area contributed by atoms with E-state index in [0.29, 0.717) is 11.3 Å². The number of hydrogen-bond acceptors (Lipinski definition) is 6. The number of halogens is 6. The number of carbonyl (C=O) groups excluding carboxylic acids is 1. The number of aromatic nitrogens is 2. The van der Waals surface area contributed by atoms with Gasteiger partial charge >= 0.3 is 18.3 Å². The predicted molar refractivity (Wildman–Crippen MR) is 91.9 cm³/mol. The summed E-state index contributed by atoms with van der Waals surface area (Å²) in [7, 11) is 1.42. The van der Waals surface area contributed by atoms with E-state index in [4.69, 9.17) is 14.0 Å². The Bertz CT molecular complexity index is 1060. The van der Waals surface area contributed by atoms with Gasteiger partial charge in [0.2, 0.25) is 5.82 Å². The van der Waals surface area contributed by atoms with Crippen LogP contribution in [0.1, 0.15) is 27.4 Å². The van der Waals surface area contributed by atoms with Gasteiger partial charge in [0.05, 0.1) is 29.4 Å². The minimum atomic E-state index is -5.09. The zero-order valence-corrected chi connectivity index (χ0v) is 15.5. The van der Waals surface area contributed by atoms with Crippen LogP contribution in [0.4, 0.5) is 26.3 Å². The molecule has 0 amide bonds. The molecule has 0 unspecified atom stereocenters. The van der Waals surface area contributed by atoms with Crippen molar-refractivity contribution in [2.45, 2.75) is 19.0 Å². The van der Waals surface area contributed by atoms with Gasteiger partial charge in [-0.1, -0.05) is 17.3 Å². The molecule has 0 bridgehead atoms. The fraction of sp³-hybridized carbons (Fsp3) is 0.211. The second-order valence-electron chi connectivity index (χ2n) is 6.08. The Hall–Kier alpha value is -3.57. The second-order valence-corrected chi connectivity index (χ2v) is 6.08. The lowest BCUT2D eigenvalue weighted by Gasteiger charge is -2.13. The maximum atomic E-state index is 12.9. The summed E-state index contributed by atoms with van der Waals surface area (Å²) in [5.41, 5.74) is -3.73. The van der Waals surface area contributed by atoms with E-state index in [9.17, 15) is 31.1 Å². The molecule has 0 aliphatic heterocycles. The molecule has 1 heterocycles. The molecule has 0 saturated heterocycles. The SMILES string of the molecule is COc1ccccc1-c1noc(COC(=O)c2cc(C(F)(F)F)cc(C(F)(F)F)c2)n1. The normalized spacial score (nSPS) is 12.0. The third-order valence-electron chi connectivity index (χ3n) is 3.97. The molecule has 0 aliphatic carbocycles. The standard InChI is InChI=1S/C19H12F6N2O4/c1-29-14-5-3-2-4-13(14)16-26-15(31-27-16)9-30-17(28)10-6-11(18(20,21)22)8-12(7-10)19(23,24)25/h2-8H,9H2,1H3. The van der Waals surface area contributed by atoms with Gasteiger partial charge in [-0.15, -0.1) is 0 Å². The van der Waals surface area contributed by atoms with Crippen LogP contribution in [0.25, 0.3) is 11.4 Å². The van der Waals surface area contributed by atoms with E-state index in [1.165, 1.54) is 7.11 Å². The van der Waals surface area contributed by atoms with Crippen molar-refractivity contribution in [3.8, 4) is 17.1 Å². The van der Waals surface area contributed by atoms with Crippen LogP contribution in [-0.4, -0.2) is 23.2 Å². The molecular formula is C19H12F6N2O4. The lowest BCUT2D eigenvalue weighted by atomic mass is 10.0. The summed E-state index contributed by atoms with van der Waals surface area (Å²) in [6.07, 6.45) is -10.2. The quantitative estimate of drug-likeness (QED) is 0.399. The van der Waals surface area contributed by atoms with Crippen molar-refractivity contribution in [3.05, 3.63) is 65.0 Å². The zero-order valence-electron chi connectivity index (χ0n) is 15.5. The number of carbonyl (C=O) groups is 1. The van der Waals surface area contributed by atoms with Crippen molar-refractivity contribution in [1.29, 1.82) is 0 Å². The molecule has 164 valence electrons. The molecule has 1 aromatic heterocycles. The smallest absolute Gasteiger partial charge is 0.416 e. The van der Waals surface area contributed by atoms with Crippen molar-refractivity contribution in [1.82, 2.24) is 10.1 Å². The van der Waals surface area contributed by atoms with Crippen LogP contribution in [0.5, 0.6) is 5.75 Å². The number of ether oxygens (including phenoxy) is 2. The number of nitrogens with zero attached hydrogens (tertiary/aromatic N) is 2. The largest absolute Gasteiger partial charge is 0.496 e. The first kappa shape index (κ1) is 22.1. The molecule has 0 spiro atoms. The van der Waals surface area contributed by atoms with E-state index in [2.05, 4.69) is 10.1 Å². The van der Waals surface area contributed by atoms with E-state index in [1.807, 2.05) is 0 Å². The average molecular weight is 446 g/mol. The first-order valence-electron chi connectivity index (χ1n) is 8.41. The first-order chi connectivity index (χ1) is 14.5. The van der Waals surface area contributed by atoms with Gasteiger partial charge in [0.25, 0.3) is 5.89 Å². The molecule has 0 fully saturated rings. The Kier molecular flexibility index (Phi) is 5.91. The number of methoxy groups -OCH3 is 1. The first-order valence-corrected chi connectivity index (χ1v) is 8.41. The van der Waals surface area contributed by atoms with Crippen molar-refractivity contribution in [2.24, 2.45) is 0 Å². The van der Waals surface area contributed by atoms with Crippen molar-refractivity contribution >= 4 is 5.97 Å². The molecule has 0 saturated carbocycles. The highest BCUT2D eigenvalue weighted by molar-refractivity contribution is 5.90. The number of rotatable bonds is 5. The Morgan fingerprint density at radius 1 is 1.00 bits per heavy atom. The van der Waals surface area contributed by atoms with Gasteiger partial charge in [0, 0.05) is 0 Å². The molecule has 3 aromatic rings. The van der Waals surface area contributed by atoms with Gasteiger partial charge in [0.15, 0.2) is 6.61 Å². The third kappa shape index (κ3) is 5.13. The van der Waals surface area contributed by atoms with Crippen LogP contribution < -0.4 is 4.74 Å². The maximum absolute atomic E-state index is 12.9. The van der Waals surface area contributed by atoms with Crippen LogP contribution in [-0.2, 0) is 23.7 Å². The van der Waals surface area contributed by atoms with E-state index in [-0.39, 0.29) is 29.9 Å². The number of benzene rings is 2. The summed E-state index contributed by atoms with van der Waals surface area (Å²) < 4.78 is 92.3. The minimum Gasteiger partial charge on any atom is -0.496 e. The molecule has 0 atom stereocenters. The number of para-hydroxylation sites is 1. The van der Waals surface area contributed by atoms with Gasteiger partial charge in [-0.25, -0.2) is 4.79 Å². The van der Waals surface area contributed by atoms with Gasteiger partial charge < -0.3 is 14.0 Å². The monoisotopic (exact) mass is 446 g/mol. The summed E-state index contributed by atoms with van der Waals surface area (Å²) in [6, 6.07) is 7.10. The van der Waals surface area contributed by atoms with E-state index < -0.39 is 41.6 Å². The molecule has 6 nitrogen and oxygen atoms in total. The lowest BCUT2D eigenvalue weighted by molar-refractivity contribution is -0.143. The van der Waals surface area contributed by atoms with Crippen LogP contribution in [0, 0.1) is 0 Å². The highest BCUT2D eigenvalue weighted by Crippen LogP contribution is 2.36. The maximum Gasteiger partial charge on any atom is 0.416 e. The van der Waals surface area contributed by atoms with Gasteiger partial charge in [0.1, 0.15) is 5.75 Å². The van der Waals surface area contributed by atoms with Crippen LogP contribution >= 0.6 is 0 Å². The topological polar surface area (TPSA) is 74.5 Å². The average Bonchev–Trinajstić information content (AvgIpc) is 3.19. The molecule has 2 aromatic carbocycles. The van der Waals surface area contributed by atoms with Crippen LogP contribution in [0.3, 0.4) is 0 Å². The summed E-state index contributed by atoms with van der Waals surface area (Å²) >= 11 is 0. The molecule has 3 rings (SSSR count). The predicted octanol–water partition coefficient (Wildman–Crippen LogP) is 5.14. The molecule has 0 aliphatic rings. The van der Waals surface area contributed by atoms with Crippen LogP contribution in [0.15, 0.2) is 47.0 Å². The van der Waals surface area contributed by atoms with Crippen LogP contribution in [0.2, 0.25) is 0 Å². The molecule has 0 radical (unpaired) electrons. The molecule has 12 heteroatoms. The van der Waals surface area contributed by atoms with Crippen molar-refractivity contribution < 1.29 is 45.1 Å².